The first-order chi connectivity index (χ1) is 13.3. The van der Waals surface area contributed by atoms with Crippen molar-refractivity contribution in [2.45, 2.75) is 6.61 Å². The Balaban J connectivity index is 1.55. The number of para-hydroxylation sites is 2. The number of methoxy groups -OCH3 is 1. The van der Waals surface area contributed by atoms with Gasteiger partial charge in [-0.25, -0.2) is 5.43 Å². The van der Waals surface area contributed by atoms with Gasteiger partial charge >= 0.3 is 0 Å². The van der Waals surface area contributed by atoms with E-state index in [0.717, 1.165) is 16.9 Å². The molecule has 0 aliphatic carbocycles. The van der Waals surface area contributed by atoms with Crippen LogP contribution < -0.4 is 14.9 Å². The second-order valence-corrected chi connectivity index (χ2v) is 5.74. The van der Waals surface area contributed by atoms with E-state index in [4.69, 9.17) is 9.47 Å². The van der Waals surface area contributed by atoms with Gasteiger partial charge in [0.05, 0.1) is 13.3 Å². The fraction of sp³-hybridized carbons (Fsp3) is 0.0909. The first kappa shape index (κ1) is 18.2. The fourth-order valence-corrected chi connectivity index (χ4v) is 2.43. The van der Waals surface area contributed by atoms with Crippen molar-refractivity contribution < 1.29 is 14.3 Å². The van der Waals surface area contributed by atoms with E-state index in [9.17, 15) is 4.79 Å². The highest BCUT2D eigenvalue weighted by molar-refractivity contribution is 5.95. The third-order valence-electron chi connectivity index (χ3n) is 3.87. The van der Waals surface area contributed by atoms with Crippen molar-refractivity contribution >= 4 is 12.1 Å². The van der Waals surface area contributed by atoms with Crippen molar-refractivity contribution in [3.63, 3.8) is 0 Å². The van der Waals surface area contributed by atoms with Gasteiger partial charge in [0.1, 0.15) is 18.1 Å². The lowest BCUT2D eigenvalue weighted by Crippen LogP contribution is -2.17. The Morgan fingerprint density at radius 2 is 1.67 bits per heavy atom. The zero-order valence-electron chi connectivity index (χ0n) is 15.0. The highest BCUT2D eigenvalue weighted by Crippen LogP contribution is 2.15. The molecule has 3 aromatic carbocycles. The van der Waals surface area contributed by atoms with Crippen molar-refractivity contribution in [2.24, 2.45) is 5.10 Å². The molecule has 0 fully saturated rings. The van der Waals surface area contributed by atoms with Gasteiger partial charge in [0.2, 0.25) is 0 Å². The molecule has 1 amide bonds. The number of hydrogen-bond donors (Lipinski definition) is 1. The predicted molar refractivity (Wildman–Crippen MR) is 105 cm³/mol. The Morgan fingerprint density at radius 3 is 2.41 bits per heavy atom. The van der Waals surface area contributed by atoms with E-state index in [-0.39, 0.29) is 5.91 Å². The highest BCUT2D eigenvalue weighted by Gasteiger charge is 2.05. The number of amides is 1. The van der Waals surface area contributed by atoms with Crippen molar-refractivity contribution in [2.75, 3.05) is 7.11 Å². The molecule has 0 radical (unpaired) electrons. The summed E-state index contributed by atoms with van der Waals surface area (Å²) in [4.78, 5) is 12.2. The minimum Gasteiger partial charge on any atom is -0.496 e. The van der Waals surface area contributed by atoms with Gasteiger partial charge < -0.3 is 9.47 Å². The largest absolute Gasteiger partial charge is 0.496 e. The molecule has 0 spiro atoms. The summed E-state index contributed by atoms with van der Waals surface area (Å²) in [5.41, 5.74) is 4.81. The summed E-state index contributed by atoms with van der Waals surface area (Å²) in [7, 11) is 1.59. The lowest BCUT2D eigenvalue weighted by atomic mass is 10.1. The third-order valence-corrected chi connectivity index (χ3v) is 3.87. The zero-order chi connectivity index (χ0) is 18.9. The summed E-state index contributed by atoms with van der Waals surface area (Å²) in [6.07, 6.45) is 1.55. The summed E-state index contributed by atoms with van der Waals surface area (Å²) in [6.45, 7) is 0.442. The molecule has 1 N–H and O–H groups in total. The molecule has 0 aliphatic rings. The minimum atomic E-state index is -0.281. The topological polar surface area (TPSA) is 59.9 Å². The smallest absolute Gasteiger partial charge is 0.271 e. The first-order valence-corrected chi connectivity index (χ1v) is 8.49. The van der Waals surface area contributed by atoms with Crippen LogP contribution in [0.25, 0.3) is 0 Å². The molecule has 0 unspecified atom stereocenters. The molecule has 136 valence electrons. The molecule has 0 aromatic heterocycles. The molecular weight excluding hydrogens is 340 g/mol. The van der Waals surface area contributed by atoms with Crippen LogP contribution in [0.5, 0.6) is 11.5 Å². The first-order valence-electron chi connectivity index (χ1n) is 8.49. The summed E-state index contributed by atoms with van der Waals surface area (Å²) in [5, 5.41) is 4.00. The normalized spacial score (nSPS) is 10.6. The maximum Gasteiger partial charge on any atom is 0.271 e. The Hall–Kier alpha value is -3.60. The van der Waals surface area contributed by atoms with Crippen LogP contribution in [0.15, 0.2) is 84.0 Å². The molecule has 0 aliphatic heterocycles. The van der Waals surface area contributed by atoms with E-state index in [1.165, 1.54) is 0 Å². The van der Waals surface area contributed by atoms with Crippen molar-refractivity contribution in [1.29, 1.82) is 0 Å². The number of hydrazone groups is 1. The second-order valence-electron chi connectivity index (χ2n) is 5.74. The Kier molecular flexibility index (Phi) is 6.20. The van der Waals surface area contributed by atoms with Gasteiger partial charge in [-0.3, -0.25) is 4.79 Å². The summed E-state index contributed by atoms with van der Waals surface area (Å²) in [5.74, 6) is 1.22. The maximum atomic E-state index is 12.2. The minimum absolute atomic E-state index is 0.281. The standard InChI is InChI=1S/C22H20N2O3/c1-26-21-10-6-5-7-19(21)15-23-24-22(25)18-13-11-17(12-14-18)16-27-20-8-3-2-4-9-20/h2-15H,16H2,1H3,(H,24,25)/b23-15-. The molecule has 0 heterocycles. The number of rotatable bonds is 7. The van der Waals surface area contributed by atoms with Crippen LogP contribution in [0, 0.1) is 0 Å². The number of hydrogen-bond acceptors (Lipinski definition) is 4. The number of nitrogens with zero attached hydrogens (tertiary/aromatic N) is 1. The van der Waals surface area contributed by atoms with E-state index in [1.54, 1.807) is 25.5 Å². The number of nitrogens with one attached hydrogen (secondary N) is 1. The van der Waals surface area contributed by atoms with Crippen molar-refractivity contribution in [3.05, 3.63) is 95.6 Å². The average Bonchev–Trinajstić information content (AvgIpc) is 2.73. The van der Waals surface area contributed by atoms with E-state index >= 15 is 0 Å². The lowest BCUT2D eigenvalue weighted by Gasteiger charge is -2.07. The molecule has 0 saturated carbocycles. The molecule has 3 aromatic rings. The fourth-order valence-electron chi connectivity index (χ4n) is 2.43. The van der Waals surface area contributed by atoms with Gasteiger partial charge in [-0.15, -0.1) is 0 Å². The number of carbonyl (C=O) groups is 1. The summed E-state index contributed by atoms with van der Waals surface area (Å²) >= 11 is 0. The quantitative estimate of drug-likeness (QED) is 0.511. The number of ether oxygens (including phenoxy) is 2. The maximum absolute atomic E-state index is 12.2. The van der Waals surface area contributed by atoms with Crippen LogP contribution in [-0.4, -0.2) is 19.2 Å². The zero-order valence-corrected chi connectivity index (χ0v) is 15.0. The predicted octanol–water partition coefficient (Wildman–Crippen LogP) is 4.04. The average molecular weight is 360 g/mol. The molecule has 5 heteroatoms. The highest BCUT2D eigenvalue weighted by atomic mass is 16.5. The number of benzene rings is 3. The van der Waals surface area contributed by atoms with Crippen molar-refractivity contribution in [3.8, 4) is 11.5 Å². The van der Waals surface area contributed by atoms with E-state index in [1.807, 2.05) is 66.7 Å². The molecule has 0 atom stereocenters. The third kappa shape index (κ3) is 5.19. The van der Waals surface area contributed by atoms with Gasteiger partial charge in [-0.2, -0.15) is 5.10 Å². The van der Waals surface area contributed by atoms with Gasteiger partial charge in [0.25, 0.3) is 5.91 Å². The Morgan fingerprint density at radius 1 is 0.963 bits per heavy atom. The lowest BCUT2D eigenvalue weighted by molar-refractivity contribution is 0.0955. The molecule has 0 bridgehead atoms. The number of carbonyl (C=O) groups excluding carboxylic acids is 1. The summed E-state index contributed by atoms with van der Waals surface area (Å²) < 4.78 is 10.9. The van der Waals surface area contributed by atoms with Gasteiger partial charge in [0, 0.05) is 11.1 Å². The van der Waals surface area contributed by atoms with Crippen LogP contribution in [0.2, 0.25) is 0 Å². The SMILES string of the molecule is COc1ccccc1/C=N\NC(=O)c1ccc(COc2ccccc2)cc1. The molecule has 0 saturated heterocycles. The van der Waals surface area contributed by atoms with Crippen LogP contribution >= 0.6 is 0 Å². The van der Waals surface area contributed by atoms with Gasteiger partial charge in [-0.1, -0.05) is 42.5 Å². The second kappa shape index (κ2) is 9.20. The Bertz CT molecular complexity index is 906. The van der Waals surface area contributed by atoms with Crippen LogP contribution in [0.1, 0.15) is 21.5 Å². The van der Waals surface area contributed by atoms with E-state index in [2.05, 4.69) is 10.5 Å². The van der Waals surface area contributed by atoms with E-state index in [0.29, 0.717) is 17.9 Å². The van der Waals surface area contributed by atoms with Gasteiger partial charge in [-0.05, 0) is 42.0 Å². The summed E-state index contributed by atoms with van der Waals surface area (Å²) in [6, 6.07) is 24.3. The molecule has 3 rings (SSSR count). The van der Waals surface area contributed by atoms with E-state index < -0.39 is 0 Å². The van der Waals surface area contributed by atoms with Crippen LogP contribution in [0.4, 0.5) is 0 Å². The monoisotopic (exact) mass is 360 g/mol. The molecule has 5 nitrogen and oxygen atoms in total. The van der Waals surface area contributed by atoms with Gasteiger partial charge in [0.15, 0.2) is 0 Å². The van der Waals surface area contributed by atoms with Crippen LogP contribution in [0.3, 0.4) is 0 Å². The van der Waals surface area contributed by atoms with Crippen LogP contribution in [-0.2, 0) is 6.61 Å². The Labute approximate surface area is 158 Å². The molecule has 27 heavy (non-hydrogen) atoms. The van der Waals surface area contributed by atoms with Crippen molar-refractivity contribution in [1.82, 2.24) is 5.43 Å². The molecular formula is C22H20N2O3.